The van der Waals surface area contributed by atoms with Crippen molar-refractivity contribution in [3.63, 3.8) is 0 Å². The van der Waals surface area contributed by atoms with Crippen LogP contribution in [0.15, 0.2) is 48.5 Å². The van der Waals surface area contributed by atoms with Crippen molar-refractivity contribution in [3.05, 3.63) is 59.7 Å². The lowest BCUT2D eigenvalue weighted by Crippen LogP contribution is -3.16. The summed E-state index contributed by atoms with van der Waals surface area (Å²) in [6.45, 7) is 10.5. The van der Waals surface area contributed by atoms with Gasteiger partial charge in [0.2, 0.25) is 0 Å². The molecule has 1 saturated heterocycles. The van der Waals surface area contributed by atoms with Gasteiger partial charge in [-0.1, -0.05) is 30.3 Å². The molecule has 1 aliphatic heterocycles. The molecule has 1 aliphatic rings. The third-order valence-electron chi connectivity index (χ3n) is 4.83. The van der Waals surface area contributed by atoms with Gasteiger partial charge in [-0.3, -0.25) is 0 Å². The number of nitrogens with one attached hydrogen (secondary N) is 1. The first-order valence-electron chi connectivity index (χ1n) is 10.0. The third-order valence-corrected chi connectivity index (χ3v) is 4.83. The number of ether oxygens (including phenoxy) is 3. The summed E-state index contributed by atoms with van der Waals surface area (Å²) in [5, 5.41) is 2.37. The Morgan fingerprint density at radius 2 is 1.78 bits per heavy atom. The highest BCUT2D eigenvalue weighted by Gasteiger charge is 2.14. The van der Waals surface area contributed by atoms with Crippen LogP contribution in [0.2, 0.25) is 0 Å². The highest BCUT2D eigenvalue weighted by molar-refractivity contribution is 5.43. The van der Waals surface area contributed by atoms with Crippen LogP contribution in [0.5, 0.6) is 11.5 Å². The molecular weight excluding hydrogens is 340 g/mol. The largest absolute Gasteiger partial charge is 0.490 e. The average molecular weight is 373 g/mol. The molecule has 1 heterocycles. The minimum absolute atomic E-state index is 0.550. The Hall–Kier alpha value is -2.08. The van der Waals surface area contributed by atoms with Crippen LogP contribution in [0.1, 0.15) is 18.1 Å². The zero-order valence-corrected chi connectivity index (χ0v) is 16.3. The lowest BCUT2D eigenvalue weighted by atomic mass is 10.2. The van der Waals surface area contributed by atoms with Crippen molar-refractivity contribution < 1.29 is 24.4 Å². The third kappa shape index (κ3) is 6.54. The van der Waals surface area contributed by atoms with Crippen molar-refractivity contribution >= 4 is 0 Å². The van der Waals surface area contributed by atoms with E-state index in [9.17, 15) is 0 Å². The molecular formula is C22H32N2O3+2. The first-order chi connectivity index (χ1) is 13.3. The Morgan fingerprint density at radius 1 is 0.963 bits per heavy atom. The molecule has 0 aromatic heterocycles. The van der Waals surface area contributed by atoms with Gasteiger partial charge in [-0.2, -0.15) is 0 Å². The van der Waals surface area contributed by atoms with Gasteiger partial charge in [0.25, 0.3) is 0 Å². The molecule has 0 aliphatic carbocycles. The fraction of sp³-hybridized carbons (Fsp3) is 0.455. The topological polar surface area (TPSA) is 48.7 Å². The zero-order valence-electron chi connectivity index (χ0n) is 16.3. The zero-order chi connectivity index (χ0) is 18.7. The van der Waals surface area contributed by atoms with E-state index in [0.29, 0.717) is 13.2 Å². The van der Waals surface area contributed by atoms with Crippen molar-refractivity contribution in [1.82, 2.24) is 0 Å². The number of quaternary nitrogens is 2. The lowest BCUT2D eigenvalue weighted by molar-refractivity contribution is -0.920. The van der Waals surface area contributed by atoms with Crippen LogP contribution >= 0.6 is 0 Å². The van der Waals surface area contributed by atoms with Gasteiger partial charge in [0.05, 0.1) is 19.8 Å². The summed E-state index contributed by atoms with van der Waals surface area (Å²) in [7, 11) is 0. The highest BCUT2D eigenvalue weighted by atomic mass is 16.5. The second-order valence-electron chi connectivity index (χ2n) is 6.88. The molecule has 0 unspecified atom stereocenters. The molecule has 3 N–H and O–H groups in total. The molecule has 0 radical (unpaired) electrons. The maximum Gasteiger partial charge on any atom is 0.161 e. The van der Waals surface area contributed by atoms with Crippen LogP contribution in [0, 0.1) is 0 Å². The van der Waals surface area contributed by atoms with Crippen molar-refractivity contribution in [1.29, 1.82) is 0 Å². The molecule has 5 heteroatoms. The minimum atomic E-state index is 0.550. The van der Waals surface area contributed by atoms with Crippen LogP contribution < -0.4 is 19.7 Å². The quantitative estimate of drug-likeness (QED) is 0.602. The monoisotopic (exact) mass is 372 g/mol. The summed E-state index contributed by atoms with van der Waals surface area (Å²) in [4.78, 5) is 1.65. The van der Waals surface area contributed by atoms with Crippen molar-refractivity contribution in [2.75, 3.05) is 46.0 Å². The molecule has 146 valence electrons. The number of rotatable bonds is 10. The van der Waals surface area contributed by atoms with Gasteiger partial charge in [-0.15, -0.1) is 0 Å². The van der Waals surface area contributed by atoms with Crippen LogP contribution in [-0.2, 0) is 17.9 Å². The minimum Gasteiger partial charge on any atom is -0.490 e. The smallest absolute Gasteiger partial charge is 0.161 e. The number of nitrogens with two attached hydrogens (primary N) is 1. The normalized spacial score (nSPS) is 14.9. The number of hydrogen-bond donors (Lipinski definition) is 2. The van der Waals surface area contributed by atoms with Gasteiger partial charge >= 0.3 is 0 Å². The summed E-state index contributed by atoms with van der Waals surface area (Å²) in [5.41, 5.74) is 2.42. The van der Waals surface area contributed by atoms with E-state index in [1.165, 1.54) is 12.1 Å². The van der Waals surface area contributed by atoms with Crippen LogP contribution in [0.4, 0.5) is 0 Å². The van der Waals surface area contributed by atoms with E-state index in [0.717, 1.165) is 56.5 Å². The number of benzene rings is 2. The fourth-order valence-corrected chi connectivity index (χ4v) is 3.29. The number of hydrogen-bond acceptors (Lipinski definition) is 3. The van der Waals surface area contributed by atoms with Crippen LogP contribution in [0.3, 0.4) is 0 Å². The van der Waals surface area contributed by atoms with Crippen molar-refractivity contribution in [2.24, 2.45) is 0 Å². The van der Waals surface area contributed by atoms with Gasteiger partial charge in [0, 0.05) is 5.56 Å². The van der Waals surface area contributed by atoms with Gasteiger partial charge in [0.15, 0.2) is 11.5 Å². The van der Waals surface area contributed by atoms with Crippen molar-refractivity contribution in [3.8, 4) is 11.5 Å². The second-order valence-corrected chi connectivity index (χ2v) is 6.88. The SMILES string of the molecule is CCOc1cc(C[NH2+]CC[NH+]2CCOCC2)ccc1OCc1ccccc1. The molecule has 0 bridgehead atoms. The predicted octanol–water partition coefficient (Wildman–Crippen LogP) is 0.643. The van der Waals surface area contributed by atoms with E-state index in [-0.39, 0.29) is 0 Å². The molecule has 1 fully saturated rings. The first-order valence-corrected chi connectivity index (χ1v) is 10.0. The van der Waals surface area contributed by atoms with Crippen LogP contribution in [0.25, 0.3) is 0 Å². The Morgan fingerprint density at radius 3 is 2.56 bits per heavy atom. The molecule has 0 saturated carbocycles. The van der Waals surface area contributed by atoms with Crippen LogP contribution in [-0.4, -0.2) is 46.0 Å². The Kier molecular flexibility index (Phi) is 7.96. The lowest BCUT2D eigenvalue weighted by Gasteiger charge is -2.22. The van der Waals surface area contributed by atoms with E-state index in [2.05, 4.69) is 29.6 Å². The molecule has 0 atom stereocenters. The second kappa shape index (κ2) is 10.9. The van der Waals surface area contributed by atoms with Gasteiger partial charge in [-0.05, 0) is 30.7 Å². The molecule has 5 nitrogen and oxygen atoms in total. The van der Waals surface area contributed by atoms with Gasteiger partial charge in [-0.25, -0.2) is 0 Å². The summed E-state index contributed by atoms with van der Waals surface area (Å²) < 4.78 is 17.2. The van der Waals surface area contributed by atoms with E-state index in [1.807, 2.05) is 31.2 Å². The highest BCUT2D eigenvalue weighted by Crippen LogP contribution is 2.29. The molecule has 2 aromatic carbocycles. The Balaban J connectivity index is 1.49. The van der Waals surface area contributed by atoms with Gasteiger partial charge < -0.3 is 24.4 Å². The van der Waals surface area contributed by atoms with E-state index < -0.39 is 0 Å². The maximum atomic E-state index is 5.99. The molecule has 0 spiro atoms. The predicted molar refractivity (Wildman–Crippen MR) is 105 cm³/mol. The summed E-state index contributed by atoms with van der Waals surface area (Å²) in [6.07, 6.45) is 0. The summed E-state index contributed by atoms with van der Waals surface area (Å²) in [6, 6.07) is 16.5. The standard InChI is InChI=1S/C22H30N2O3/c1-2-26-22-16-20(17-23-10-11-24-12-14-25-15-13-24)8-9-21(22)27-18-19-6-4-3-5-7-19/h3-9,16,23H,2,10-15,17-18H2,1H3/p+2. The molecule has 3 rings (SSSR count). The fourth-order valence-electron chi connectivity index (χ4n) is 3.29. The van der Waals surface area contributed by atoms with Crippen molar-refractivity contribution in [2.45, 2.75) is 20.1 Å². The number of morpholine rings is 1. The van der Waals surface area contributed by atoms with E-state index >= 15 is 0 Å². The first kappa shape index (κ1) is 19.7. The van der Waals surface area contributed by atoms with Gasteiger partial charge in [0.1, 0.15) is 39.3 Å². The maximum absolute atomic E-state index is 5.99. The molecule has 0 amide bonds. The van der Waals surface area contributed by atoms with E-state index in [4.69, 9.17) is 14.2 Å². The molecule has 2 aromatic rings. The van der Waals surface area contributed by atoms with E-state index in [1.54, 1.807) is 4.90 Å². The Bertz CT molecular complexity index is 673. The molecule has 27 heavy (non-hydrogen) atoms. The summed E-state index contributed by atoms with van der Waals surface area (Å²) in [5.74, 6) is 1.64. The summed E-state index contributed by atoms with van der Waals surface area (Å²) >= 11 is 0. The average Bonchev–Trinajstić information content (AvgIpc) is 2.72. The Labute approximate surface area is 162 Å².